The van der Waals surface area contributed by atoms with Crippen LogP contribution in [0.3, 0.4) is 0 Å². The van der Waals surface area contributed by atoms with Gasteiger partial charge in [-0.05, 0) is 43.6 Å². The summed E-state index contributed by atoms with van der Waals surface area (Å²) in [7, 11) is 0. The summed E-state index contributed by atoms with van der Waals surface area (Å²) < 4.78 is 0. The van der Waals surface area contributed by atoms with Gasteiger partial charge in [0.15, 0.2) is 0 Å². The molecule has 1 fully saturated rings. The van der Waals surface area contributed by atoms with E-state index in [1.807, 2.05) is 0 Å². The molecule has 1 unspecified atom stereocenters. The Morgan fingerprint density at radius 1 is 1.06 bits per heavy atom. The van der Waals surface area contributed by atoms with Gasteiger partial charge < -0.3 is 10.6 Å². The van der Waals surface area contributed by atoms with Crippen molar-refractivity contribution in [3.8, 4) is 0 Å². The molecule has 0 aliphatic carbocycles. The lowest BCUT2D eigenvalue weighted by Gasteiger charge is -2.41. The Morgan fingerprint density at radius 3 is 1.94 bits per heavy atom. The van der Waals surface area contributed by atoms with Crippen LogP contribution in [0.5, 0.6) is 0 Å². The zero-order chi connectivity index (χ0) is 13.5. The van der Waals surface area contributed by atoms with E-state index >= 15 is 0 Å². The molecule has 2 nitrogen and oxygen atoms in total. The zero-order valence-electron chi connectivity index (χ0n) is 12.9. The lowest BCUT2D eigenvalue weighted by molar-refractivity contribution is 0.120. The SMILES string of the molecule is CC(C)(C)C1CCN(CC(C)(C)C(C)(C)N)C1. The van der Waals surface area contributed by atoms with Crippen molar-refractivity contribution < 1.29 is 0 Å². The Balaban J connectivity index is 2.57. The second-order valence-corrected chi connectivity index (χ2v) is 8.19. The molecule has 1 atom stereocenters. The Bertz CT molecular complexity index is 255. The van der Waals surface area contributed by atoms with E-state index < -0.39 is 0 Å². The highest BCUT2D eigenvalue weighted by Gasteiger charge is 2.38. The second kappa shape index (κ2) is 4.55. The smallest absolute Gasteiger partial charge is 0.0161 e. The number of rotatable bonds is 3. The quantitative estimate of drug-likeness (QED) is 0.821. The molecule has 0 aromatic heterocycles. The molecule has 1 saturated heterocycles. The van der Waals surface area contributed by atoms with Crippen LogP contribution < -0.4 is 5.73 Å². The van der Waals surface area contributed by atoms with Crippen molar-refractivity contribution in [3.63, 3.8) is 0 Å². The molecule has 17 heavy (non-hydrogen) atoms. The molecule has 0 bridgehead atoms. The van der Waals surface area contributed by atoms with Gasteiger partial charge in [0.1, 0.15) is 0 Å². The fraction of sp³-hybridized carbons (Fsp3) is 1.00. The highest BCUT2D eigenvalue weighted by molar-refractivity contribution is 4.94. The van der Waals surface area contributed by atoms with Gasteiger partial charge in [0.05, 0.1) is 0 Å². The lowest BCUT2D eigenvalue weighted by atomic mass is 9.75. The van der Waals surface area contributed by atoms with Crippen LogP contribution in [0, 0.1) is 16.7 Å². The molecule has 1 heterocycles. The first-order valence-corrected chi connectivity index (χ1v) is 6.95. The minimum atomic E-state index is -0.118. The van der Waals surface area contributed by atoms with E-state index in [-0.39, 0.29) is 11.0 Å². The normalized spacial score (nSPS) is 24.4. The van der Waals surface area contributed by atoms with E-state index in [4.69, 9.17) is 5.73 Å². The van der Waals surface area contributed by atoms with Gasteiger partial charge >= 0.3 is 0 Å². The summed E-state index contributed by atoms with van der Waals surface area (Å²) in [5, 5.41) is 0. The number of likely N-dealkylation sites (tertiary alicyclic amines) is 1. The average Bonchev–Trinajstić information content (AvgIpc) is 2.48. The summed E-state index contributed by atoms with van der Waals surface area (Å²) in [6.07, 6.45) is 1.34. The number of hydrogen-bond donors (Lipinski definition) is 1. The first kappa shape index (κ1) is 15.0. The summed E-state index contributed by atoms with van der Waals surface area (Å²) in [5.41, 5.74) is 6.77. The van der Waals surface area contributed by atoms with Crippen LogP contribution in [0.2, 0.25) is 0 Å². The van der Waals surface area contributed by atoms with Gasteiger partial charge in [-0.3, -0.25) is 0 Å². The molecule has 1 aliphatic rings. The van der Waals surface area contributed by atoms with Gasteiger partial charge in [-0.2, -0.15) is 0 Å². The van der Waals surface area contributed by atoms with Crippen LogP contribution in [-0.4, -0.2) is 30.1 Å². The Morgan fingerprint density at radius 2 is 1.59 bits per heavy atom. The molecule has 0 aromatic rings. The van der Waals surface area contributed by atoms with Gasteiger partial charge in [-0.15, -0.1) is 0 Å². The van der Waals surface area contributed by atoms with Crippen LogP contribution in [0.4, 0.5) is 0 Å². The van der Waals surface area contributed by atoms with Gasteiger partial charge in [0.2, 0.25) is 0 Å². The molecular weight excluding hydrogens is 208 g/mol. The molecule has 0 amide bonds. The Kier molecular flexibility index (Phi) is 4.01. The van der Waals surface area contributed by atoms with E-state index in [0.717, 1.165) is 12.5 Å². The summed E-state index contributed by atoms with van der Waals surface area (Å²) >= 11 is 0. The molecule has 2 N–H and O–H groups in total. The van der Waals surface area contributed by atoms with E-state index in [1.165, 1.54) is 19.5 Å². The predicted octanol–water partition coefficient (Wildman–Crippen LogP) is 3.12. The summed E-state index contributed by atoms with van der Waals surface area (Å²) in [4.78, 5) is 2.60. The molecule has 102 valence electrons. The highest BCUT2D eigenvalue weighted by Crippen LogP contribution is 2.36. The van der Waals surface area contributed by atoms with Gasteiger partial charge in [0, 0.05) is 18.6 Å². The minimum absolute atomic E-state index is 0.118. The minimum Gasteiger partial charge on any atom is -0.325 e. The number of hydrogen-bond acceptors (Lipinski definition) is 2. The zero-order valence-corrected chi connectivity index (χ0v) is 12.9. The molecule has 2 heteroatoms. The third-order valence-corrected chi connectivity index (χ3v) is 4.86. The number of nitrogens with two attached hydrogens (primary N) is 1. The Hall–Kier alpha value is -0.0800. The molecular formula is C15H32N2. The van der Waals surface area contributed by atoms with E-state index in [9.17, 15) is 0 Å². The third-order valence-electron chi connectivity index (χ3n) is 4.86. The van der Waals surface area contributed by atoms with Crippen molar-refractivity contribution in [3.05, 3.63) is 0 Å². The molecule has 0 aromatic carbocycles. The van der Waals surface area contributed by atoms with E-state index in [1.54, 1.807) is 0 Å². The topological polar surface area (TPSA) is 29.3 Å². The summed E-state index contributed by atoms with van der Waals surface area (Å²) in [6, 6.07) is 0. The van der Waals surface area contributed by atoms with Gasteiger partial charge in [-0.25, -0.2) is 0 Å². The Labute approximate surface area is 108 Å². The molecule has 0 saturated carbocycles. The predicted molar refractivity (Wildman–Crippen MR) is 76.0 cm³/mol. The maximum atomic E-state index is 6.29. The van der Waals surface area contributed by atoms with Crippen LogP contribution in [0.15, 0.2) is 0 Å². The summed E-state index contributed by atoms with van der Waals surface area (Å²) in [6.45, 7) is 19.5. The van der Waals surface area contributed by atoms with E-state index in [0.29, 0.717) is 5.41 Å². The lowest BCUT2D eigenvalue weighted by Crippen LogP contribution is -2.52. The fourth-order valence-electron chi connectivity index (χ4n) is 2.45. The van der Waals surface area contributed by atoms with Crippen molar-refractivity contribution in [1.29, 1.82) is 0 Å². The van der Waals surface area contributed by atoms with Crippen LogP contribution >= 0.6 is 0 Å². The van der Waals surface area contributed by atoms with Crippen molar-refractivity contribution in [1.82, 2.24) is 4.90 Å². The van der Waals surface area contributed by atoms with Crippen molar-refractivity contribution >= 4 is 0 Å². The van der Waals surface area contributed by atoms with Crippen LogP contribution in [0.25, 0.3) is 0 Å². The van der Waals surface area contributed by atoms with Gasteiger partial charge in [-0.1, -0.05) is 34.6 Å². The van der Waals surface area contributed by atoms with Crippen molar-refractivity contribution in [2.24, 2.45) is 22.5 Å². The molecule has 1 rings (SSSR count). The van der Waals surface area contributed by atoms with Gasteiger partial charge in [0.25, 0.3) is 0 Å². The van der Waals surface area contributed by atoms with Crippen LogP contribution in [-0.2, 0) is 0 Å². The molecule has 0 radical (unpaired) electrons. The van der Waals surface area contributed by atoms with Crippen LogP contribution in [0.1, 0.15) is 54.9 Å². The average molecular weight is 240 g/mol. The standard InChI is InChI=1S/C15H32N2/c1-13(2,3)12-8-9-17(10-12)11-14(4,5)15(6,7)16/h12H,8-11,16H2,1-7H3. The molecule has 0 spiro atoms. The maximum Gasteiger partial charge on any atom is 0.0161 e. The van der Waals surface area contributed by atoms with E-state index in [2.05, 4.69) is 53.4 Å². The highest BCUT2D eigenvalue weighted by atomic mass is 15.2. The second-order valence-electron chi connectivity index (χ2n) is 8.19. The largest absolute Gasteiger partial charge is 0.325 e. The fourth-order valence-corrected chi connectivity index (χ4v) is 2.45. The number of nitrogens with zero attached hydrogens (tertiary/aromatic N) is 1. The summed E-state index contributed by atoms with van der Waals surface area (Å²) in [5.74, 6) is 0.833. The third kappa shape index (κ3) is 3.69. The first-order chi connectivity index (χ1) is 7.43. The first-order valence-electron chi connectivity index (χ1n) is 6.95. The van der Waals surface area contributed by atoms with Crippen molar-refractivity contribution in [2.45, 2.75) is 60.4 Å². The monoisotopic (exact) mass is 240 g/mol. The molecule has 1 aliphatic heterocycles. The maximum absolute atomic E-state index is 6.29. The van der Waals surface area contributed by atoms with Crippen molar-refractivity contribution in [2.75, 3.05) is 19.6 Å².